The standard InChI is InChI=1S/C11H9N/c12-7-11-6-5-8-1-3-9(11)10(11)4-2-8/h1-6,8-10H. The first-order valence-electron chi connectivity index (χ1n) is 4.34. The van der Waals surface area contributed by atoms with Crippen LogP contribution in [0.15, 0.2) is 36.5 Å². The lowest BCUT2D eigenvalue weighted by Crippen LogP contribution is -1.94. The zero-order valence-corrected chi connectivity index (χ0v) is 6.64. The Kier molecular flexibility index (Phi) is 0.895. The van der Waals surface area contributed by atoms with Gasteiger partial charge in [-0.1, -0.05) is 36.5 Å². The molecule has 2 unspecified atom stereocenters. The number of rotatable bonds is 0. The first kappa shape index (κ1) is 6.25. The second-order valence-corrected chi connectivity index (χ2v) is 3.80. The molecule has 0 N–H and O–H groups in total. The highest BCUT2D eigenvalue weighted by molar-refractivity contribution is 5.44. The van der Waals surface area contributed by atoms with Crippen LogP contribution in [0.5, 0.6) is 0 Å². The van der Waals surface area contributed by atoms with Crippen LogP contribution in [0.4, 0.5) is 0 Å². The Morgan fingerprint density at radius 3 is 2.25 bits per heavy atom. The molecular weight excluding hydrogens is 146 g/mol. The highest BCUT2D eigenvalue weighted by Crippen LogP contribution is 2.63. The molecule has 1 nitrogen and oxygen atoms in total. The van der Waals surface area contributed by atoms with Crippen molar-refractivity contribution in [2.75, 3.05) is 0 Å². The van der Waals surface area contributed by atoms with Gasteiger partial charge in [0.05, 0.1) is 11.5 Å². The molecule has 1 saturated carbocycles. The summed E-state index contributed by atoms with van der Waals surface area (Å²) in [4.78, 5) is 0. The van der Waals surface area contributed by atoms with Crippen LogP contribution in [0.3, 0.4) is 0 Å². The van der Waals surface area contributed by atoms with E-state index in [9.17, 15) is 0 Å². The average Bonchev–Trinajstić information content (AvgIpc) is 2.81. The predicted octanol–water partition coefficient (Wildman–Crippen LogP) is 2.05. The fourth-order valence-electron chi connectivity index (χ4n) is 2.39. The number of allylic oxidation sites excluding steroid dienone is 6. The molecule has 4 aliphatic carbocycles. The van der Waals surface area contributed by atoms with Gasteiger partial charge in [-0.3, -0.25) is 0 Å². The Morgan fingerprint density at radius 1 is 1.00 bits per heavy atom. The van der Waals surface area contributed by atoms with Crippen LogP contribution in [-0.2, 0) is 0 Å². The summed E-state index contributed by atoms with van der Waals surface area (Å²) in [5, 5.41) is 9.07. The van der Waals surface area contributed by atoms with Crippen molar-refractivity contribution in [2.45, 2.75) is 0 Å². The maximum Gasteiger partial charge on any atom is 0.0891 e. The molecule has 0 saturated heterocycles. The summed E-state index contributed by atoms with van der Waals surface area (Å²) in [5.74, 6) is 1.36. The summed E-state index contributed by atoms with van der Waals surface area (Å²) in [5.41, 5.74) is -0.168. The van der Waals surface area contributed by atoms with E-state index in [0.717, 1.165) is 0 Å². The van der Waals surface area contributed by atoms with Gasteiger partial charge in [0.1, 0.15) is 0 Å². The average molecular weight is 155 g/mol. The molecule has 0 amide bonds. The molecule has 12 heavy (non-hydrogen) atoms. The Balaban J connectivity index is 2.21. The molecule has 0 aromatic rings. The van der Waals surface area contributed by atoms with Crippen LogP contribution in [0.25, 0.3) is 0 Å². The largest absolute Gasteiger partial charge is 0.197 e. The van der Waals surface area contributed by atoms with Crippen LogP contribution in [0, 0.1) is 34.5 Å². The van der Waals surface area contributed by atoms with E-state index in [4.69, 9.17) is 5.26 Å². The van der Waals surface area contributed by atoms with Crippen LogP contribution >= 0.6 is 0 Å². The van der Waals surface area contributed by atoms with Crippen molar-refractivity contribution in [1.29, 1.82) is 5.26 Å². The fourth-order valence-corrected chi connectivity index (χ4v) is 2.39. The van der Waals surface area contributed by atoms with E-state index in [1.54, 1.807) is 0 Å². The van der Waals surface area contributed by atoms with Crippen LogP contribution in [-0.4, -0.2) is 0 Å². The van der Waals surface area contributed by atoms with Gasteiger partial charge in [0.15, 0.2) is 0 Å². The first-order valence-corrected chi connectivity index (χ1v) is 4.34. The summed E-state index contributed by atoms with van der Waals surface area (Å²) in [6, 6.07) is 2.43. The minimum absolute atomic E-state index is 0.168. The van der Waals surface area contributed by atoms with Crippen molar-refractivity contribution in [2.24, 2.45) is 23.2 Å². The topological polar surface area (TPSA) is 23.8 Å². The van der Waals surface area contributed by atoms with Gasteiger partial charge in [0, 0.05) is 17.8 Å². The van der Waals surface area contributed by atoms with Gasteiger partial charge in [-0.2, -0.15) is 5.26 Å². The molecule has 2 atom stereocenters. The SMILES string of the molecule is N#CC12C=CC3C=CC1C2C=C3. The first-order chi connectivity index (χ1) is 5.87. The van der Waals surface area contributed by atoms with E-state index >= 15 is 0 Å². The maximum absolute atomic E-state index is 9.07. The number of hydrogen-bond acceptors (Lipinski definition) is 1. The predicted molar refractivity (Wildman–Crippen MR) is 45.9 cm³/mol. The molecule has 1 heteroatoms. The van der Waals surface area contributed by atoms with Crippen molar-refractivity contribution in [1.82, 2.24) is 0 Å². The van der Waals surface area contributed by atoms with E-state index in [2.05, 4.69) is 42.5 Å². The zero-order chi connectivity index (χ0) is 8.18. The molecule has 1 fully saturated rings. The van der Waals surface area contributed by atoms with Crippen molar-refractivity contribution >= 4 is 0 Å². The minimum atomic E-state index is -0.168. The summed E-state index contributed by atoms with van der Waals surface area (Å²) in [6.45, 7) is 0. The van der Waals surface area contributed by atoms with Crippen molar-refractivity contribution in [3.63, 3.8) is 0 Å². The zero-order valence-electron chi connectivity index (χ0n) is 6.64. The molecule has 0 aliphatic heterocycles. The van der Waals surface area contributed by atoms with Crippen LogP contribution in [0.1, 0.15) is 0 Å². The van der Waals surface area contributed by atoms with E-state index in [0.29, 0.717) is 17.8 Å². The smallest absolute Gasteiger partial charge is 0.0891 e. The van der Waals surface area contributed by atoms with Gasteiger partial charge in [-0.25, -0.2) is 0 Å². The Bertz CT molecular complexity index is 334. The molecule has 4 bridgehead atoms. The van der Waals surface area contributed by atoms with Crippen LogP contribution < -0.4 is 0 Å². The summed E-state index contributed by atoms with van der Waals surface area (Å²) < 4.78 is 0. The van der Waals surface area contributed by atoms with Crippen LogP contribution in [0.2, 0.25) is 0 Å². The molecule has 58 valence electrons. The lowest BCUT2D eigenvalue weighted by molar-refractivity contribution is 0.788. The van der Waals surface area contributed by atoms with E-state index in [-0.39, 0.29) is 5.41 Å². The van der Waals surface area contributed by atoms with Gasteiger partial charge in [-0.15, -0.1) is 0 Å². The number of nitriles is 1. The van der Waals surface area contributed by atoms with E-state index in [1.807, 2.05) is 0 Å². The van der Waals surface area contributed by atoms with Gasteiger partial charge < -0.3 is 0 Å². The summed E-state index contributed by atoms with van der Waals surface area (Å²) >= 11 is 0. The summed E-state index contributed by atoms with van der Waals surface area (Å²) in [7, 11) is 0. The molecule has 0 aromatic heterocycles. The monoisotopic (exact) mass is 155 g/mol. The lowest BCUT2D eigenvalue weighted by Gasteiger charge is -1.95. The number of hydrogen-bond donors (Lipinski definition) is 0. The van der Waals surface area contributed by atoms with Crippen molar-refractivity contribution < 1.29 is 0 Å². The highest BCUT2D eigenvalue weighted by Gasteiger charge is 2.62. The Hall–Kier alpha value is -1.29. The molecule has 0 heterocycles. The third kappa shape index (κ3) is 0.515. The van der Waals surface area contributed by atoms with Crippen molar-refractivity contribution in [3.8, 4) is 6.07 Å². The molecular formula is C11H9N. The highest BCUT2D eigenvalue weighted by atomic mass is 14.6. The van der Waals surface area contributed by atoms with E-state index < -0.39 is 0 Å². The molecule has 0 radical (unpaired) electrons. The third-order valence-electron chi connectivity index (χ3n) is 3.25. The van der Waals surface area contributed by atoms with Gasteiger partial charge in [0.2, 0.25) is 0 Å². The fraction of sp³-hybridized carbons (Fsp3) is 0.364. The Morgan fingerprint density at radius 2 is 1.67 bits per heavy atom. The summed E-state index contributed by atoms with van der Waals surface area (Å²) in [6.07, 6.45) is 13.1. The van der Waals surface area contributed by atoms with Gasteiger partial charge >= 0.3 is 0 Å². The number of nitrogens with zero attached hydrogens (tertiary/aromatic N) is 1. The molecule has 4 rings (SSSR count). The van der Waals surface area contributed by atoms with E-state index in [1.165, 1.54) is 0 Å². The second kappa shape index (κ2) is 1.72. The lowest BCUT2D eigenvalue weighted by atomic mass is 10.0. The Labute approximate surface area is 71.7 Å². The molecule has 0 spiro atoms. The normalized spacial score (nSPS) is 51.4. The molecule has 0 aromatic carbocycles. The quantitative estimate of drug-likeness (QED) is 0.491. The third-order valence-corrected chi connectivity index (χ3v) is 3.25. The van der Waals surface area contributed by atoms with Gasteiger partial charge in [-0.05, 0) is 0 Å². The maximum atomic E-state index is 9.07. The second-order valence-electron chi connectivity index (χ2n) is 3.80. The van der Waals surface area contributed by atoms with Gasteiger partial charge in [0.25, 0.3) is 0 Å². The van der Waals surface area contributed by atoms with Crippen molar-refractivity contribution in [3.05, 3.63) is 36.5 Å². The minimum Gasteiger partial charge on any atom is -0.197 e. The molecule has 4 aliphatic rings.